The average molecular weight is 293 g/mol. The molecule has 1 aromatic rings. The number of halogens is 1. The number of benzene rings is 1. The fraction of sp³-hybridized carbons (Fsp3) is 0.500. The topological polar surface area (TPSA) is 57.6 Å². The number of likely N-dealkylation sites (tertiary alicyclic amines) is 1. The van der Waals surface area contributed by atoms with Gasteiger partial charge in [0.15, 0.2) is 0 Å². The number of carboxylic acid groups (broad SMARTS) is 1. The first-order chi connectivity index (χ1) is 10.1. The molecule has 1 fully saturated rings. The Labute approximate surface area is 123 Å². The van der Waals surface area contributed by atoms with Crippen LogP contribution in [0.4, 0.5) is 4.39 Å². The van der Waals surface area contributed by atoms with Gasteiger partial charge in [-0.1, -0.05) is 12.1 Å². The number of nitrogens with zero attached hydrogens (tertiary/aromatic N) is 1. The van der Waals surface area contributed by atoms with Gasteiger partial charge in [0, 0.05) is 19.4 Å². The maximum absolute atomic E-state index is 13.0. The van der Waals surface area contributed by atoms with E-state index in [4.69, 9.17) is 5.11 Å². The molecule has 0 spiro atoms. The lowest BCUT2D eigenvalue weighted by Crippen LogP contribution is -2.30. The van der Waals surface area contributed by atoms with Gasteiger partial charge >= 0.3 is 5.97 Å². The molecule has 1 saturated heterocycles. The number of amides is 1. The zero-order chi connectivity index (χ0) is 15.2. The zero-order valence-electron chi connectivity index (χ0n) is 11.9. The average Bonchev–Trinajstić information content (AvgIpc) is 2.93. The summed E-state index contributed by atoms with van der Waals surface area (Å²) >= 11 is 0. The molecule has 2 rings (SSSR count). The lowest BCUT2D eigenvalue weighted by Gasteiger charge is -2.25. The summed E-state index contributed by atoms with van der Waals surface area (Å²) in [4.78, 5) is 24.5. The number of carbonyl (C=O) groups is 2. The molecule has 4 nitrogen and oxygen atoms in total. The molecule has 21 heavy (non-hydrogen) atoms. The van der Waals surface area contributed by atoms with Gasteiger partial charge in [-0.3, -0.25) is 9.59 Å². The standard InChI is InChI=1S/C16H20FNO3/c17-13-9-7-12(8-10-13)14-4-3-11-18(14)15(19)5-1-2-6-16(20)21/h7-10,14H,1-6,11H2,(H,20,21). The summed E-state index contributed by atoms with van der Waals surface area (Å²) < 4.78 is 13.0. The minimum absolute atomic E-state index is 0.0255. The summed E-state index contributed by atoms with van der Waals surface area (Å²) in [5.41, 5.74) is 0.966. The van der Waals surface area contributed by atoms with Crippen LogP contribution in [0.2, 0.25) is 0 Å². The van der Waals surface area contributed by atoms with Gasteiger partial charge in [0.25, 0.3) is 0 Å². The van der Waals surface area contributed by atoms with Crippen molar-refractivity contribution in [1.82, 2.24) is 4.90 Å². The van der Waals surface area contributed by atoms with E-state index in [-0.39, 0.29) is 24.2 Å². The second-order valence-electron chi connectivity index (χ2n) is 5.40. The van der Waals surface area contributed by atoms with Crippen LogP contribution in [0.5, 0.6) is 0 Å². The molecule has 1 atom stereocenters. The fourth-order valence-electron chi connectivity index (χ4n) is 2.79. The van der Waals surface area contributed by atoms with Crippen LogP contribution in [0, 0.1) is 5.82 Å². The number of carboxylic acids is 1. The largest absolute Gasteiger partial charge is 0.481 e. The summed E-state index contributed by atoms with van der Waals surface area (Å²) in [5.74, 6) is -1.04. The van der Waals surface area contributed by atoms with E-state index >= 15 is 0 Å². The van der Waals surface area contributed by atoms with Gasteiger partial charge in [-0.2, -0.15) is 0 Å². The van der Waals surface area contributed by atoms with Crippen LogP contribution < -0.4 is 0 Å². The molecule has 114 valence electrons. The van der Waals surface area contributed by atoms with E-state index in [0.717, 1.165) is 24.9 Å². The van der Waals surface area contributed by atoms with Crippen LogP contribution in [0.1, 0.15) is 50.1 Å². The molecule has 0 saturated carbocycles. The SMILES string of the molecule is O=C(O)CCCCC(=O)N1CCCC1c1ccc(F)cc1. The highest BCUT2D eigenvalue weighted by molar-refractivity contribution is 5.77. The van der Waals surface area contributed by atoms with Crippen LogP contribution >= 0.6 is 0 Å². The van der Waals surface area contributed by atoms with Crippen molar-refractivity contribution in [2.45, 2.75) is 44.6 Å². The van der Waals surface area contributed by atoms with E-state index in [0.29, 0.717) is 19.3 Å². The Kier molecular flexibility index (Phi) is 5.31. The van der Waals surface area contributed by atoms with Crippen molar-refractivity contribution in [2.24, 2.45) is 0 Å². The predicted molar refractivity (Wildman–Crippen MR) is 76.2 cm³/mol. The second kappa shape index (κ2) is 7.20. The van der Waals surface area contributed by atoms with Crippen molar-refractivity contribution in [3.05, 3.63) is 35.6 Å². The van der Waals surface area contributed by atoms with Crippen molar-refractivity contribution in [1.29, 1.82) is 0 Å². The third-order valence-electron chi connectivity index (χ3n) is 3.86. The molecular formula is C16H20FNO3. The Morgan fingerprint density at radius 2 is 1.86 bits per heavy atom. The first kappa shape index (κ1) is 15.5. The summed E-state index contributed by atoms with van der Waals surface area (Å²) in [7, 11) is 0. The summed E-state index contributed by atoms with van der Waals surface area (Å²) in [6.45, 7) is 0.722. The highest BCUT2D eigenvalue weighted by Crippen LogP contribution is 2.32. The molecular weight excluding hydrogens is 273 g/mol. The third-order valence-corrected chi connectivity index (χ3v) is 3.86. The smallest absolute Gasteiger partial charge is 0.303 e. The fourth-order valence-corrected chi connectivity index (χ4v) is 2.79. The number of unbranched alkanes of at least 4 members (excludes halogenated alkanes) is 1. The maximum atomic E-state index is 13.0. The normalized spacial score (nSPS) is 18.0. The van der Waals surface area contributed by atoms with Crippen LogP contribution in [0.25, 0.3) is 0 Å². The molecule has 5 heteroatoms. The summed E-state index contributed by atoms with van der Waals surface area (Å²) in [6, 6.07) is 6.33. The Bertz CT molecular complexity index is 501. The molecule has 0 radical (unpaired) electrons. The Morgan fingerprint density at radius 1 is 1.19 bits per heavy atom. The highest BCUT2D eigenvalue weighted by atomic mass is 19.1. The molecule has 0 aliphatic carbocycles. The number of hydrogen-bond donors (Lipinski definition) is 1. The Hall–Kier alpha value is -1.91. The molecule has 1 aliphatic heterocycles. The van der Waals surface area contributed by atoms with Crippen molar-refractivity contribution < 1.29 is 19.1 Å². The van der Waals surface area contributed by atoms with Crippen LogP contribution in [0.15, 0.2) is 24.3 Å². The van der Waals surface area contributed by atoms with E-state index < -0.39 is 5.97 Å². The van der Waals surface area contributed by atoms with Gasteiger partial charge in [-0.15, -0.1) is 0 Å². The lowest BCUT2D eigenvalue weighted by atomic mass is 10.0. The monoisotopic (exact) mass is 293 g/mol. The molecule has 1 aromatic carbocycles. The van der Waals surface area contributed by atoms with E-state index in [9.17, 15) is 14.0 Å². The maximum Gasteiger partial charge on any atom is 0.303 e. The second-order valence-corrected chi connectivity index (χ2v) is 5.40. The van der Waals surface area contributed by atoms with Crippen LogP contribution in [-0.2, 0) is 9.59 Å². The minimum Gasteiger partial charge on any atom is -0.481 e. The first-order valence-corrected chi connectivity index (χ1v) is 7.34. The van der Waals surface area contributed by atoms with Gasteiger partial charge in [0.2, 0.25) is 5.91 Å². The van der Waals surface area contributed by atoms with E-state index in [1.165, 1.54) is 12.1 Å². The quantitative estimate of drug-likeness (QED) is 0.820. The number of hydrogen-bond acceptors (Lipinski definition) is 2. The molecule has 1 aliphatic rings. The molecule has 0 bridgehead atoms. The number of rotatable bonds is 6. The summed E-state index contributed by atoms with van der Waals surface area (Å²) in [6.07, 6.45) is 3.45. The van der Waals surface area contributed by atoms with Crippen LogP contribution in [-0.4, -0.2) is 28.4 Å². The van der Waals surface area contributed by atoms with Gasteiger partial charge in [-0.05, 0) is 43.4 Å². The van der Waals surface area contributed by atoms with Crippen molar-refractivity contribution in [3.8, 4) is 0 Å². The van der Waals surface area contributed by atoms with Crippen molar-refractivity contribution >= 4 is 11.9 Å². The molecule has 1 amide bonds. The molecule has 1 heterocycles. The van der Waals surface area contributed by atoms with Gasteiger partial charge < -0.3 is 10.0 Å². The molecule has 1 N–H and O–H groups in total. The predicted octanol–water partition coefficient (Wildman–Crippen LogP) is 3.13. The van der Waals surface area contributed by atoms with Gasteiger partial charge in [-0.25, -0.2) is 4.39 Å². The third kappa shape index (κ3) is 4.28. The van der Waals surface area contributed by atoms with Gasteiger partial charge in [0.05, 0.1) is 6.04 Å². The molecule has 0 aromatic heterocycles. The van der Waals surface area contributed by atoms with E-state index in [1.807, 2.05) is 4.90 Å². The first-order valence-electron chi connectivity index (χ1n) is 7.34. The van der Waals surface area contributed by atoms with E-state index in [1.54, 1.807) is 12.1 Å². The Balaban J connectivity index is 1.90. The Morgan fingerprint density at radius 3 is 2.52 bits per heavy atom. The van der Waals surface area contributed by atoms with E-state index in [2.05, 4.69) is 0 Å². The number of aliphatic carboxylic acids is 1. The zero-order valence-corrected chi connectivity index (χ0v) is 11.9. The van der Waals surface area contributed by atoms with Gasteiger partial charge in [0.1, 0.15) is 5.82 Å². The van der Waals surface area contributed by atoms with Crippen LogP contribution in [0.3, 0.4) is 0 Å². The summed E-state index contributed by atoms with van der Waals surface area (Å²) in [5, 5.41) is 8.58. The minimum atomic E-state index is -0.826. The van der Waals surface area contributed by atoms with Crippen molar-refractivity contribution in [3.63, 3.8) is 0 Å². The van der Waals surface area contributed by atoms with Crippen molar-refractivity contribution in [2.75, 3.05) is 6.54 Å². The lowest BCUT2D eigenvalue weighted by molar-refractivity contribution is -0.137. The molecule has 1 unspecified atom stereocenters. The number of carbonyl (C=O) groups excluding carboxylic acids is 1. The highest BCUT2D eigenvalue weighted by Gasteiger charge is 2.29.